The average Bonchev–Trinajstić information content (AvgIpc) is 2.59. The predicted molar refractivity (Wildman–Crippen MR) is 80.1 cm³/mol. The quantitative estimate of drug-likeness (QED) is 0.745. The summed E-state index contributed by atoms with van der Waals surface area (Å²) in [6.07, 6.45) is 3.16. The van der Waals surface area contributed by atoms with Crippen molar-refractivity contribution in [3.8, 4) is 0 Å². The number of amides is 2. The zero-order valence-corrected chi connectivity index (χ0v) is 12.3. The molecule has 1 aliphatic rings. The van der Waals surface area contributed by atoms with Gasteiger partial charge in [0.25, 0.3) is 0 Å². The van der Waals surface area contributed by atoms with E-state index in [1.54, 1.807) is 0 Å². The van der Waals surface area contributed by atoms with Crippen molar-refractivity contribution in [1.82, 2.24) is 10.6 Å². The SMILES string of the molecule is CC1CCCc2ccccc2C1NC(=O)NCCC(=O)O. The first-order valence-corrected chi connectivity index (χ1v) is 7.42. The molecule has 114 valence electrons. The largest absolute Gasteiger partial charge is 0.481 e. The van der Waals surface area contributed by atoms with Gasteiger partial charge in [0, 0.05) is 6.54 Å². The van der Waals surface area contributed by atoms with Gasteiger partial charge in [-0.15, -0.1) is 0 Å². The number of carbonyl (C=O) groups excluding carboxylic acids is 1. The molecule has 2 unspecified atom stereocenters. The highest BCUT2D eigenvalue weighted by Gasteiger charge is 2.25. The second-order valence-electron chi connectivity index (χ2n) is 5.59. The van der Waals surface area contributed by atoms with Gasteiger partial charge in [-0.1, -0.05) is 31.2 Å². The van der Waals surface area contributed by atoms with Crippen LogP contribution in [0.2, 0.25) is 0 Å². The van der Waals surface area contributed by atoms with Gasteiger partial charge in [0.1, 0.15) is 0 Å². The van der Waals surface area contributed by atoms with E-state index in [-0.39, 0.29) is 25.0 Å². The van der Waals surface area contributed by atoms with Gasteiger partial charge < -0.3 is 15.7 Å². The van der Waals surface area contributed by atoms with Gasteiger partial charge in [-0.25, -0.2) is 4.79 Å². The van der Waals surface area contributed by atoms with Gasteiger partial charge >= 0.3 is 12.0 Å². The fourth-order valence-electron chi connectivity index (χ4n) is 2.85. The molecule has 0 radical (unpaired) electrons. The van der Waals surface area contributed by atoms with Gasteiger partial charge in [-0.2, -0.15) is 0 Å². The van der Waals surface area contributed by atoms with Crippen molar-refractivity contribution < 1.29 is 14.7 Å². The van der Waals surface area contributed by atoms with Crippen molar-refractivity contribution in [3.05, 3.63) is 35.4 Å². The van der Waals surface area contributed by atoms with Crippen LogP contribution >= 0.6 is 0 Å². The van der Waals surface area contributed by atoms with Crippen LogP contribution in [-0.4, -0.2) is 23.7 Å². The van der Waals surface area contributed by atoms with Crippen molar-refractivity contribution >= 4 is 12.0 Å². The molecule has 0 spiro atoms. The molecule has 1 aromatic carbocycles. The maximum atomic E-state index is 11.9. The Balaban J connectivity index is 2.03. The molecular formula is C16H22N2O3. The van der Waals surface area contributed by atoms with Crippen LogP contribution in [0, 0.1) is 5.92 Å². The van der Waals surface area contributed by atoms with E-state index in [0.29, 0.717) is 5.92 Å². The van der Waals surface area contributed by atoms with Crippen LogP contribution in [0.4, 0.5) is 4.79 Å². The van der Waals surface area contributed by atoms with Crippen molar-refractivity contribution in [2.24, 2.45) is 5.92 Å². The molecule has 0 saturated heterocycles. The molecule has 0 bridgehead atoms. The van der Waals surface area contributed by atoms with Crippen molar-refractivity contribution in [2.45, 2.75) is 38.6 Å². The molecule has 5 nitrogen and oxygen atoms in total. The molecule has 1 aromatic rings. The predicted octanol–water partition coefficient (Wildman–Crippen LogP) is 2.47. The van der Waals surface area contributed by atoms with E-state index in [9.17, 15) is 9.59 Å². The van der Waals surface area contributed by atoms with Crippen LogP contribution < -0.4 is 10.6 Å². The smallest absolute Gasteiger partial charge is 0.315 e. The number of hydrogen-bond acceptors (Lipinski definition) is 2. The summed E-state index contributed by atoms with van der Waals surface area (Å²) in [5, 5.41) is 14.2. The number of rotatable bonds is 4. The molecule has 0 saturated carbocycles. The Kier molecular flexibility index (Phi) is 5.20. The van der Waals surface area contributed by atoms with E-state index in [0.717, 1.165) is 19.3 Å². The van der Waals surface area contributed by atoms with Crippen LogP contribution in [0.15, 0.2) is 24.3 Å². The Labute approximate surface area is 124 Å². The summed E-state index contributed by atoms with van der Waals surface area (Å²) in [6, 6.07) is 7.88. The Morgan fingerprint density at radius 3 is 2.86 bits per heavy atom. The maximum absolute atomic E-state index is 11.9. The second-order valence-corrected chi connectivity index (χ2v) is 5.59. The first kappa shape index (κ1) is 15.4. The van der Waals surface area contributed by atoms with Gasteiger partial charge in [0.05, 0.1) is 12.5 Å². The number of aryl methyl sites for hydroxylation is 1. The van der Waals surface area contributed by atoms with Gasteiger partial charge in [0.2, 0.25) is 0 Å². The lowest BCUT2D eigenvalue weighted by Crippen LogP contribution is -2.40. The summed E-state index contributed by atoms with van der Waals surface area (Å²) in [4.78, 5) is 22.4. The fraction of sp³-hybridized carbons (Fsp3) is 0.500. The van der Waals surface area contributed by atoms with Crippen LogP contribution in [0.1, 0.15) is 43.4 Å². The number of aliphatic carboxylic acids is 1. The third kappa shape index (κ3) is 4.21. The molecule has 0 fully saturated rings. The van der Waals surface area contributed by atoms with Crippen LogP contribution in [0.5, 0.6) is 0 Å². The number of hydrogen-bond donors (Lipinski definition) is 3. The number of nitrogens with one attached hydrogen (secondary N) is 2. The van der Waals surface area contributed by atoms with E-state index < -0.39 is 5.97 Å². The zero-order chi connectivity index (χ0) is 15.2. The Morgan fingerprint density at radius 2 is 2.10 bits per heavy atom. The summed E-state index contributed by atoms with van der Waals surface area (Å²) in [6.45, 7) is 2.29. The van der Waals surface area contributed by atoms with Gasteiger partial charge in [-0.3, -0.25) is 4.79 Å². The fourth-order valence-corrected chi connectivity index (χ4v) is 2.85. The number of benzene rings is 1. The van der Waals surface area contributed by atoms with Gasteiger partial charge in [-0.05, 0) is 36.3 Å². The summed E-state index contributed by atoms with van der Waals surface area (Å²) < 4.78 is 0. The monoisotopic (exact) mass is 290 g/mol. The Hall–Kier alpha value is -2.04. The standard InChI is InChI=1S/C16H22N2O3/c1-11-5-4-7-12-6-2-3-8-13(12)15(11)18-16(21)17-10-9-14(19)20/h2-3,6,8,11,15H,4-5,7,9-10H2,1H3,(H,19,20)(H2,17,18,21). The molecule has 0 heterocycles. The van der Waals surface area contributed by atoms with Crippen molar-refractivity contribution in [3.63, 3.8) is 0 Å². The Bertz CT molecular complexity index is 516. The molecule has 1 aliphatic carbocycles. The third-order valence-corrected chi connectivity index (χ3v) is 3.98. The number of carboxylic acids is 1. The summed E-state index contributed by atoms with van der Waals surface area (Å²) in [5.74, 6) is -0.553. The molecular weight excluding hydrogens is 268 g/mol. The molecule has 5 heteroatoms. The van der Waals surface area contributed by atoms with Crippen LogP contribution in [-0.2, 0) is 11.2 Å². The average molecular weight is 290 g/mol. The topological polar surface area (TPSA) is 78.4 Å². The first-order valence-electron chi connectivity index (χ1n) is 7.42. The number of urea groups is 1. The minimum atomic E-state index is -0.913. The lowest BCUT2D eigenvalue weighted by atomic mass is 9.92. The highest BCUT2D eigenvalue weighted by atomic mass is 16.4. The van der Waals surface area contributed by atoms with E-state index in [1.165, 1.54) is 11.1 Å². The second kappa shape index (κ2) is 7.11. The van der Waals surface area contributed by atoms with E-state index in [4.69, 9.17) is 5.11 Å². The summed E-state index contributed by atoms with van der Waals surface area (Å²) in [7, 11) is 0. The minimum Gasteiger partial charge on any atom is -0.481 e. The molecule has 2 atom stereocenters. The lowest BCUT2D eigenvalue weighted by Gasteiger charge is -2.25. The first-order chi connectivity index (χ1) is 10.1. The normalized spacial score (nSPS) is 21.0. The van der Waals surface area contributed by atoms with Gasteiger partial charge in [0.15, 0.2) is 0 Å². The number of carbonyl (C=O) groups is 2. The molecule has 3 N–H and O–H groups in total. The maximum Gasteiger partial charge on any atom is 0.315 e. The highest BCUT2D eigenvalue weighted by molar-refractivity contribution is 5.75. The molecule has 0 aromatic heterocycles. The molecule has 2 rings (SSSR count). The van der Waals surface area contributed by atoms with Crippen molar-refractivity contribution in [1.29, 1.82) is 0 Å². The molecule has 0 aliphatic heterocycles. The summed E-state index contributed by atoms with van der Waals surface area (Å²) >= 11 is 0. The Morgan fingerprint density at radius 1 is 1.33 bits per heavy atom. The summed E-state index contributed by atoms with van der Waals surface area (Å²) in [5.41, 5.74) is 2.47. The lowest BCUT2D eigenvalue weighted by molar-refractivity contribution is -0.136. The third-order valence-electron chi connectivity index (χ3n) is 3.98. The van der Waals surface area contributed by atoms with E-state index in [2.05, 4.69) is 29.7 Å². The molecule has 21 heavy (non-hydrogen) atoms. The van der Waals surface area contributed by atoms with E-state index >= 15 is 0 Å². The number of carboxylic acid groups (broad SMARTS) is 1. The van der Waals surface area contributed by atoms with Crippen LogP contribution in [0.25, 0.3) is 0 Å². The van der Waals surface area contributed by atoms with Crippen LogP contribution in [0.3, 0.4) is 0 Å². The minimum absolute atomic E-state index is 0.0199. The zero-order valence-electron chi connectivity index (χ0n) is 12.3. The van der Waals surface area contributed by atoms with Crippen molar-refractivity contribution in [2.75, 3.05) is 6.54 Å². The molecule has 2 amide bonds. The van der Waals surface area contributed by atoms with E-state index in [1.807, 2.05) is 12.1 Å². The number of fused-ring (bicyclic) bond motifs is 1. The highest BCUT2D eigenvalue weighted by Crippen LogP contribution is 2.32.